The van der Waals surface area contributed by atoms with Crippen LogP contribution in [-0.2, 0) is 9.59 Å². The number of rotatable bonds is 7. The Labute approximate surface area is 162 Å². The van der Waals surface area contributed by atoms with Crippen molar-refractivity contribution < 1.29 is 23.9 Å². The summed E-state index contributed by atoms with van der Waals surface area (Å²) >= 11 is 5.71. The fourth-order valence-corrected chi connectivity index (χ4v) is 3.04. The lowest BCUT2D eigenvalue weighted by Crippen LogP contribution is -2.56. The van der Waals surface area contributed by atoms with E-state index in [2.05, 4.69) is 0 Å². The zero-order valence-electron chi connectivity index (χ0n) is 15.1. The van der Waals surface area contributed by atoms with Gasteiger partial charge in [-0.2, -0.15) is 0 Å². The van der Waals surface area contributed by atoms with Crippen LogP contribution in [0.1, 0.15) is 31.7 Å². The van der Waals surface area contributed by atoms with E-state index in [1.165, 1.54) is 6.08 Å². The average molecular weight is 393 g/mol. The van der Waals surface area contributed by atoms with Crippen molar-refractivity contribution in [1.29, 1.82) is 0 Å². The second kappa shape index (κ2) is 8.43. The minimum absolute atomic E-state index is 0.0425. The normalized spacial score (nSPS) is 18.0. The van der Waals surface area contributed by atoms with Gasteiger partial charge in [-0.15, -0.1) is 11.6 Å². The number of amides is 4. The Morgan fingerprint density at radius 2 is 1.70 bits per heavy atom. The lowest BCUT2D eigenvalue weighted by atomic mass is 10.1. The van der Waals surface area contributed by atoms with Crippen LogP contribution < -0.4 is 9.47 Å². The molecule has 1 aromatic carbocycles. The molecule has 7 nitrogen and oxygen atoms in total. The standard InChI is InChI=1S/C19H21ClN2O5/c1-2-3-8-21-17(23)14(18(24)22(19(21)25)9-4-7-20)10-13-5-6-15-16(11-13)27-12-26-15/h5-6,10-11H,2-4,7-9,12H2,1H3/b14-10-. The van der Waals surface area contributed by atoms with E-state index in [1.807, 2.05) is 6.92 Å². The Bertz CT molecular complexity index is 760. The van der Waals surface area contributed by atoms with E-state index >= 15 is 0 Å². The number of hydrogen-bond acceptors (Lipinski definition) is 5. The summed E-state index contributed by atoms with van der Waals surface area (Å²) in [5, 5.41) is 0. The molecule has 3 rings (SSSR count). The number of halogens is 1. The first-order valence-electron chi connectivity index (χ1n) is 8.91. The Balaban J connectivity index is 1.94. The van der Waals surface area contributed by atoms with Crippen molar-refractivity contribution in [2.75, 3.05) is 25.8 Å². The van der Waals surface area contributed by atoms with E-state index in [0.717, 1.165) is 16.2 Å². The van der Waals surface area contributed by atoms with E-state index in [4.69, 9.17) is 21.1 Å². The molecule has 0 N–H and O–H groups in total. The topological polar surface area (TPSA) is 76.2 Å². The first kappa shape index (κ1) is 19.2. The Morgan fingerprint density at radius 1 is 1.04 bits per heavy atom. The van der Waals surface area contributed by atoms with Crippen LogP contribution >= 0.6 is 11.6 Å². The van der Waals surface area contributed by atoms with Gasteiger partial charge >= 0.3 is 6.03 Å². The maximum absolute atomic E-state index is 12.8. The molecule has 1 fully saturated rings. The van der Waals surface area contributed by atoms with Gasteiger partial charge in [-0.05, 0) is 36.6 Å². The number of imide groups is 2. The molecule has 1 saturated heterocycles. The fourth-order valence-electron chi connectivity index (χ4n) is 2.92. The zero-order valence-corrected chi connectivity index (χ0v) is 15.8. The third-order valence-corrected chi connectivity index (χ3v) is 4.64. The number of benzene rings is 1. The molecule has 0 aliphatic carbocycles. The van der Waals surface area contributed by atoms with Crippen LogP contribution in [0.25, 0.3) is 6.08 Å². The van der Waals surface area contributed by atoms with Crippen molar-refractivity contribution >= 4 is 35.5 Å². The first-order valence-corrected chi connectivity index (χ1v) is 9.45. The van der Waals surface area contributed by atoms with Gasteiger partial charge in [-0.25, -0.2) is 4.79 Å². The van der Waals surface area contributed by atoms with Crippen LogP contribution in [0.3, 0.4) is 0 Å². The molecule has 0 unspecified atom stereocenters. The lowest BCUT2D eigenvalue weighted by Gasteiger charge is -2.34. The van der Waals surface area contributed by atoms with E-state index in [9.17, 15) is 14.4 Å². The molecule has 0 spiro atoms. The van der Waals surface area contributed by atoms with Crippen LogP contribution in [0.15, 0.2) is 23.8 Å². The van der Waals surface area contributed by atoms with Crippen molar-refractivity contribution in [3.05, 3.63) is 29.3 Å². The number of carbonyl (C=O) groups excluding carboxylic acids is 3. The number of barbiturate groups is 1. The number of hydrogen-bond donors (Lipinski definition) is 0. The monoisotopic (exact) mass is 392 g/mol. The van der Waals surface area contributed by atoms with Crippen LogP contribution in [0.4, 0.5) is 4.79 Å². The molecule has 0 atom stereocenters. The van der Waals surface area contributed by atoms with Gasteiger partial charge in [0.15, 0.2) is 11.5 Å². The minimum atomic E-state index is -0.597. The molecular weight excluding hydrogens is 372 g/mol. The smallest absolute Gasteiger partial charge is 0.333 e. The van der Waals surface area contributed by atoms with Gasteiger partial charge in [0, 0.05) is 19.0 Å². The Morgan fingerprint density at radius 3 is 2.37 bits per heavy atom. The maximum atomic E-state index is 12.8. The average Bonchev–Trinajstić information content (AvgIpc) is 3.13. The first-order chi connectivity index (χ1) is 13.1. The van der Waals surface area contributed by atoms with Crippen LogP contribution in [0.5, 0.6) is 11.5 Å². The van der Waals surface area contributed by atoms with Gasteiger partial charge in [0.25, 0.3) is 11.8 Å². The molecule has 2 aliphatic heterocycles. The van der Waals surface area contributed by atoms with Crippen LogP contribution in [-0.4, -0.2) is 53.4 Å². The Hall–Kier alpha value is -2.54. The SMILES string of the molecule is CCCCN1C(=O)/C(=C/c2ccc3c(c2)OCO3)C(=O)N(CCCCl)C1=O. The predicted molar refractivity (Wildman–Crippen MR) is 99.6 cm³/mol. The van der Waals surface area contributed by atoms with Crippen molar-refractivity contribution in [1.82, 2.24) is 9.80 Å². The van der Waals surface area contributed by atoms with Gasteiger partial charge in [0.2, 0.25) is 6.79 Å². The number of nitrogens with zero attached hydrogens (tertiary/aromatic N) is 2. The predicted octanol–water partition coefficient (Wildman–Crippen LogP) is 3.02. The summed E-state index contributed by atoms with van der Waals surface area (Å²) in [4.78, 5) is 40.5. The summed E-state index contributed by atoms with van der Waals surface area (Å²) in [6, 6.07) is 4.58. The van der Waals surface area contributed by atoms with E-state index in [-0.39, 0.29) is 25.5 Å². The molecule has 0 bridgehead atoms. The van der Waals surface area contributed by atoms with E-state index in [1.54, 1.807) is 18.2 Å². The molecule has 0 radical (unpaired) electrons. The second-order valence-electron chi connectivity index (χ2n) is 6.26. The number of fused-ring (bicyclic) bond motifs is 1. The molecule has 0 saturated carbocycles. The molecule has 8 heteroatoms. The van der Waals surface area contributed by atoms with Gasteiger partial charge < -0.3 is 9.47 Å². The molecule has 2 aliphatic rings. The summed E-state index contributed by atoms with van der Waals surface area (Å²) in [6.45, 7) is 2.56. The van der Waals surface area contributed by atoms with Crippen LogP contribution in [0.2, 0.25) is 0 Å². The van der Waals surface area contributed by atoms with Crippen molar-refractivity contribution in [2.45, 2.75) is 26.2 Å². The molecule has 2 heterocycles. The number of alkyl halides is 1. The van der Waals surface area contributed by atoms with Crippen LogP contribution in [0, 0.1) is 0 Å². The van der Waals surface area contributed by atoms with Crippen molar-refractivity contribution in [3.8, 4) is 11.5 Å². The number of carbonyl (C=O) groups is 3. The minimum Gasteiger partial charge on any atom is -0.454 e. The summed E-state index contributed by atoms with van der Waals surface area (Å²) in [5.41, 5.74) is 0.581. The highest BCUT2D eigenvalue weighted by atomic mass is 35.5. The highest BCUT2D eigenvalue weighted by molar-refractivity contribution is 6.30. The molecule has 0 aromatic heterocycles. The third kappa shape index (κ3) is 3.93. The summed E-state index contributed by atoms with van der Waals surface area (Å²) in [6.07, 6.45) is 3.46. The molecule has 1 aromatic rings. The summed E-state index contributed by atoms with van der Waals surface area (Å²) in [7, 11) is 0. The lowest BCUT2D eigenvalue weighted by molar-refractivity contribution is -0.135. The Kier molecular flexibility index (Phi) is 6.01. The quantitative estimate of drug-likeness (QED) is 0.405. The van der Waals surface area contributed by atoms with E-state index in [0.29, 0.717) is 35.8 Å². The van der Waals surface area contributed by atoms with Gasteiger partial charge in [0.05, 0.1) is 0 Å². The molecular formula is C19H21ClN2O5. The fraction of sp³-hybridized carbons (Fsp3) is 0.421. The highest BCUT2D eigenvalue weighted by Gasteiger charge is 2.41. The van der Waals surface area contributed by atoms with Gasteiger partial charge in [-0.1, -0.05) is 19.4 Å². The van der Waals surface area contributed by atoms with Gasteiger partial charge in [0.1, 0.15) is 5.57 Å². The molecule has 144 valence electrons. The highest BCUT2D eigenvalue weighted by Crippen LogP contribution is 2.33. The summed E-state index contributed by atoms with van der Waals surface area (Å²) in [5.74, 6) is 0.319. The number of urea groups is 1. The van der Waals surface area contributed by atoms with E-state index < -0.39 is 17.8 Å². The largest absolute Gasteiger partial charge is 0.454 e. The second-order valence-corrected chi connectivity index (χ2v) is 6.64. The molecule has 27 heavy (non-hydrogen) atoms. The maximum Gasteiger partial charge on any atom is 0.333 e. The summed E-state index contributed by atoms with van der Waals surface area (Å²) < 4.78 is 10.6. The van der Waals surface area contributed by atoms with Crippen molar-refractivity contribution in [3.63, 3.8) is 0 Å². The van der Waals surface area contributed by atoms with Crippen molar-refractivity contribution in [2.24, 2.45) is 0 Å². The zero-order chi connectivity index (χ0) is 19.4. The number of unbranched alkanes of at least 4 members (excludes halogenated alkanes) is 1. The van der Waals surface area contributed by atoms with Gasteiger partial charge in [-0.3, -0.25) is 19.4 Å². The third-order valence-electron chi connectivity index (χ3n) is 4.37. The molecule has 4 amide bonds. The number of ether oxygens (including phenoxy) is 2.